The van der Waals surface area contributed by atoms with E-state index in [1.165, 1.54) is 7.11 Å². The van der Waals surface area contributed by atoms with Gasteiger partial charge in [-0.15, -0.1) is 0 Å². The van der Waals surface area contributed by atoms with E-state index in [0.29, 0.717) is 23.8 Å². The molecule has 0 radical (unpaired) electrons. The molecule has 174 valence electrons. The van der Waals surface area contributed by atoms with Crippen molar-refractivity contribution in [2.75, 3.05) is 32.1 Å². The van der Waals surface area contributed by atoms with Gasteiger partial charge in [-0.2, -0.15) is 9.61 Å². The molecule has 0 spiro atoms. The SMILES string of the molecule is COC(=O)CCC(=O)N1CCCC(CNc2cc(-c3ccccc3Cl)nc3c(Br)cnn23)C1. The summed E-state index contributed by atoms with van der Waals surface area (Å²) >= 11 is 9.94. The van der Waals surface area contributed by atoms with Gasteiger partial charge in [-0.05, 0) is 40.8 Å². The predicted molar refractivity (Wildman–Crippen MR) is 130 cm³/mol. The normalized spacial score (nSPS) is 16.1. The minimum absolute atomic E-state index is 0.00610. The number of nitrogens with one attached hydrogen (secondary N) is 1. The third kappa shape index (κ3) is 5.47. The Hall–Kier alpha value is -2.65. The molecule has 1 fully saturated rings. The van der Waals surface area contributed by atoms with Gasteiger partial charge in [-0.25, -0.2) is 4.98 Å². The second-order valence-corrected chi connectivity index (χ2v) is 9.30. The Morgan fingerprint density at radius 1 is 1.30 bits per heavy atom. The van der Waals surface area contributed by atoms with Crippen LogP contribution in [-0.4, -0.2) is 58.1 Å². The molecular weight excluding hydrogens is 510 g/mol. The zero-order valence-electron chi connectivity index (χ0n) is 18.3. The van der Waals surface area contributed by atoms with Crippen LogP contribution in [0.4, 0.5) is 5.82 Å². The molecule has 0 aliphatic carbocycles. The van der Waals surface area contributed by atoms with Crippen molar-refractivity contribution in [3.05, 3.63) is 46.0 Å². The summed E-state index contributed by atoms with van der Waals surface area (Å²) in [6.45, 7) is 2.06. The number of anilines is 1. The molecule has 1 amide bonds. The Morgan fingerprint density at radius 2 is 2.12 bits per heavy atom. The molecule has 1 N–H and O–H groups in total. The minimum Gasteiger partial charge on any atom is -0.469 e. The van der Waals surface area contributed by atoms with Crippen molar-refractivity contribution in [1.29, 1.82) is 0 Å². The maximum absolute atomic E-state index is 12.5. The van der Waals surface area contributed by atoms with Crippen molar-refractivity contribution in [3.8, 4) is 11.3 Å². The van der Waals surface area contributed by atoms with Crippen LogP contribution in [0.3, 0.4) is 0 Å². The van der Waals surface area contributed by atoms with Crippen LogP contribution in [0, 0.1) is 5.92 Å². The average molecular weight is 535 g/mol. The number of aromatic nitrogens is 3. The van der Waals surface area contributed by atoms with Crippen molar-refractivity contribution >= 4 is 50.9 Å². The predicted octanol–water partition coefficient (Wildman–Crippen LogP) is 4.42. The lowest BCUT2D eigenvalue weighted by Gasteiger charge is -2.33. The third-order valence-corrected chi connectivity index (χ3v) is 6.68. The van der Waals surface area contributed by atoms with Crippen LogP contribution >= 0.6 is 27.5 Å². The number of nitrogens with zero attached hydrogens (tertiary/aromatic N) is 4. The summed E-state index contributed by atoms with van der Waals surface area (Å²) in [5.41, 5.74) is 2.29. The lowest BCUT2D eigenvalue weighted by molar-refractivity contribution is -0.144. The van der Waals surface area contributed by atoms with E-state index in [-0.39, 0.29) is 30.6 Å². The quantitative estimate of drug-likeness (QED) is 0.452. The second-order valence-electron chi connectivity index (χ2n) is 8.04. The number of carbonyl (C=O) groups is 2. The number of carbonyl (C=O) groups excluding carboxylic acids is 2. The highest BCUT2D eigenvalue weighted by Crippen LogP contribution is 2.30. The maximum Gasteiger partial charge on any atom is 0.306 e. The van der Waals surface area contributed by atoms with Crippen molar-refractivity contribution in [3.63, 3.8) is 0 Å². The Kier molecular flexibility index (Phi) is 7.49. The van der Waals surface area contributed by atoms with Crippen LogP contribution in [-0.2, 0) is 14.3 Å². The second kappa shape index (κ2) is 10.5. The number of amides is 1. The van der Waals surface area contributed by atoms with Gasteiger partial charge in [0.1, 0.15) is 5.82 Å². The van der Waals surface area contributed by atoms with Gasteiger partial charge < -0.3 is 15.0 Å². The van der Waals surface area contributed by atoms with Gasteiger partial charge in [0, 0.05) is 42.7 Å². The number of halogens is 2. The first-order valence-electron chi connectivity index (χ1n) is 10.8. The van der Waals surface area contributed by atoms with E-state index in [1.54, 1.807) is 10.7 Å². The van der Waals surface area contributed by atoms with Gasteiger partial charge in [0.05, 0.1) is 29.9 Å². The highest BCUT2D eigenvalue weighted by Gasteiger charge is 2.24. The number of fused-ring (bicyclic) bond motifs is 1. The van der Waals surface area contributed by atoms with Gasteiger partial charge in [0.15, 0.2) is 5.65 Å². The molecule has 3 aromatic rings. The fourth-order valence-corrected chi connectivity index (χ4v) is 4.63. The molecule has 1 aliphatic heterocycles. The molecule has 0 saturated carbocycles. The van der Waals surface area contributed by atoms with Gasteiger partial charge in [0.25, 0.3) is 0 Å². The van der Waals surface area contributed by atoms with E-state index in [1.807, 2.05) is 35.2 Å². The van der Waals surface area contributed by atoms with E-state index in [0.717, 1.165) is 40.9 Å². The number of ether oxygens (including phenoxy) is 1. The molecule has 2 aromatic heterocycles. The molecule has 10 heteroatoms. The average Bonchev–Trinajstić information content (AvgIpc) is 3.22. The summed E-state index contributed by atoms with van der Waals surface area (Å²) in [5, 5.41) is 8.57. The minimum atomic E-state index is -0.361. The van der Waals surface area contributed by atoms with Crippen molar-refractivity contribution in [2.45, 2.75) is 25.7 Å². The number of rotatable bonds is 7. The largest absolute Gasteiger partial charge is 0.469 e. The monoisotopic (exact) mass is 533 g/mol. The molecule has 1 atom stereocenters. The number of methoxy groups -OCH3 is 1. The fraction of sp³-hybridized carbons (Fsp3) is 0.391. The van der Waals surface area contributed by atoms with Crippen molar-refractivity contribution in [2.24, 2.45) is 5.92 Å². The molecule has 1 saturated heterocycles. The summed E-state index contributed by atoms with van der Waals surface area (Å²) in [6.07, 6.45) is 3.96. The number of hydrogen-bond donors (Lipinski definition) is 1. The topological polar surface area (TPSA) is 88.8 Å². The van der Waals surface area contributed by atoms with Crippen molar-refractivity contribution in [1.82, 2.24) is 19.5 Å². The molecule has 3 heterocycles. The van der Waals surface area contributed by atoms with Crippen LogP contribution in [0.5, 0.6) is 0 Å². The van der Waals surface area contributed by atoms with E-state index >= 15 is 0 Å². The van der Waals surface area contributed by atoms with E-state index in [9.17, 15) is 9.59 Å². The summed E-state index contributed by atoms with van der Waals surface area (Å²) in [5.74, 6) is 0.718. The van der Waals surface area contributed by atoms with Crippen LogP contribution in [0.25, 0.3) is 16.9 Å². The third-order valence-electron chi connectivity index (χ3n) is 5.79. The number of piperidine rings is 1. The zero-order valence-corrected chi connectivity index (χ0v) is 20.6. The first kappa shape index (κ1) is 23.5. The van der Waals surface area contributed by atoms with Gasteiger partial charge in [0.2, 0.25) is 5.91 Å². The highest BCUT2D eigenvalue weighted by molar-refractivity contribution is 9.10. The molecule has 1 aromatic carbocycles. The fourth-order valence-electron chi connectivity index (χ4n) is 4.05. The van der Waals surface area contributed by atoms with Crippen LogP contribution in [0.2, 0.25) is 5.02 Å². The van der Waals surface area contributed by atoms with Gasteiger partial charge in [-0.3, -0.25) is 9.59 Å². The molecule has 0 bridgehead atoms. The van der Waals surface area contributed by atoms with Crippen LogP contribution < -0.4 is 5.32 Å². The molecule has 8 nitrogen and oxygen atoms in total. The van der Waals surface area contributed by atoms with E-state index in [2.05, 4.69) is 31.1 Å². The van der Waals surface area contributed by atoms with Crippen molar-refractivity contribution < 1.29 is 14.3 Å². The van der Waals surface area contributed by atoms with Crippen LogP contribution in [0.1, 0.15) is 25.7 Å². The first-order valence-corrected chi connectivity index (χ1v) is 12.0. The zero-order chi connectivity index (χ0) is 23.4. The van der Waals surface area contributed by atoms with E-state index < -0.39 is 0 Å². The number of likely N-dealkylation sites (tertiary alicyclic amines) is 1. The lowest BCUT2D eigenvalue weighted by atomic mass is 9.97. The smallest absolute Gasteiger partial charge is 0.306 e. The lowest BCUT2D eigenvalue weighted by Crippen LogP contribution is -2.42. The van der Waals surface area contributed by atoms with Crippen LogP contribution in [0.15, 0.2) is 41.0 Å². The Balaban J connectivity index is 1.48. The Bertz CT molecular complexity index is 1170. The molecule has 4 rings (SSSR count). The first-order chi connectivity index (χ1) is 16.0. The number of hydrogen-bond acceptors (Lipinski definition) is 6. The molecule has 1 unspecified atom stereocenters. The summed E-state index contributed by atoms with van der Waals surface area (Å²) in [7, 11) is 1.33. The molecule has 1 aliphatic rings. The number of benzene rings is 1. The standard InChI is InChI=1S/C23H25BrClN5O3/c1-33-22(32)9-8-21(31)29-10-4-5-15(14-29)12-26-20-11-19(16-6-2-3-7-18(16)25)28-23-17(24)13-27-30(20)23/h2-3,6-7,11,13,15,26H,4-5,8-10,12,14H2,1H3. The molecular formula is C23H25BrClN5O3. The summed E-state index contributed by atoms with van der Waals surface area (Å²) < 4.78 is 7.19. The summed E-state index contributed by atoms with van der Waals surface area (Å²) in [6, 6.07) is 9.54. The summed E-state index contributed by atoms with van der Waals surface area (Å²) in [4.78, 5) is 30.4. The molecule has 33 heavy (non-hydrogen) atoms. The number of esters is 1. The van der Waals surface area contributed by atoms with Gasteiger partial charge in [-0.1, -0.05) is 29.8 Å². The Labute approximate surface area is 205 Å². The van der Waals surface area contributed by atoms with Gasteiger partial charge >= 0.3 is 5.97 Å². The Morgan fingerprint density at radius 3 is 2.91 bits per heavy atom. The highest BCUT2D eigenvalue weighted by atomic mass is 79.9. The maximum atomic E-state index is 12.5. The van der Waals surface area contributed by atoms with E-state index in [4.69, 9.17) is 16.6 Å².